The molecule has 0 bridgehead atoms. The van der Waals surface area contributed by atoms with Crippen LogP contribution in [0.3, 0.4) is 0 Å². The molecule has 1 aromatic carbocycles. The number of fused-ring (bicyclic) bond motifs is 1. The molecule has 1 atom stereocenters. The van der Waals surface area contributed by atoms with Crippen molar-refractivity contribution in [2.45, 2.75) is 31.0 Å². The Bertz CT molecular complexity index is 981. The number of sulfonamides is 1. The standard InChI is InChI=1S/C21H28N4O4S/c1-17-20-3-2-8-23(20)9-10-24(17)16-21(26)22-15-18-4-6-19(7-5-18)30(27,28)25-11-13-29-14-12-25/h2-8,17H,9-16H2,1H3,(H,22,26). The zero-order valence-corrected chi connectivity index (χ0v) is 18.0. The highest BCUT2D eigenvalue weighted by Gasteiger charge is 2.26. The van der Waals surface area contributed by atoms with Gasteiger partial charge >= 0.3 is 0 Å². The summed E-state index contributed by atoms with van der Waals surface area (Å²) in [4.78, 5) is 14.9. The average Bonchev–Trinajstić information content (AvgIpc) is 3.25. The lowest BCUT2D eigenvalue weighted by Crippen LogP contribution is -2.43. The number of hydrogen-bond donors (Lipinski definition) is 1. The second-order valence-corrected chi connectivity index (χ2v) is 9.65. The zero-order valence-electron chi connectivity index (χ0n) is 17.2. The van der Waals surface area contributed by atoms with Crippen LogP contribution < -0.4 is 5.32 Å². The van der Waals surface area contributed by atoms with E-state index in [9.17, 15) is 13.2 Å². The van der Waals surface area contributed by atoms with Gasteiger partial charge in [0.1, 0.15) is 0 Å². The summed E-state index contributed by atoms with van der Waals surface area (Å²) in [7, 11) is -3.50. The summed E-state index contributed by atoms with van der Waals surface area (Å²) in [5.74, 6) is -0.0353. The van der Waals surface area contributed by atoms with Crippen molar-refractivity contribution in [2.75, 3.05) is 39.4 Å². The molecule has 30 heavy (non-hydrogen) atoms. The van der Waals surface area contributed by atoms with E-state index in [1.54, 1.807) is 24.3 Å². The maximum atomic E-state index is 12.7. The Balaban J connectivity index is 1.30. The van der Waals surface area contributed by atoms with Crippen LogP contribution in [0.2, 0.25) is 0 Å². The Morgan fingerprint density at radius 3 is 2.57 bits per heavy atom. The number of benzene rings is 1. The van der Waals surface area contributed by atoms with Crippen LogP contribution in [-0.4, -0.2) is 67.5 Å². The predicted octanol–water partition coefficient (Wildman–Crippen LogP) is 1.20. The van der Waals surface area contributed by atoms with Crippen molar-refractivity contribution in [3.63, 3.8) is 0 Å². The molecule has 1 N–H and O–H groups in total. The Kier molecular flexibility index (Phi) is 6.24. The minimum atomic E-state index is -3.50. The van der Waals surface area contributed by atoms with Gasteiger partial charge in [-0.25, -0.2) is 8.42 Å². The van der Waals surface area contributed by atoms with Gasteiger partial charge < -0.3 is 14.6 Å². The predicted molar refractivity (Wildman–Crippen MR) is 112 cm³/mol. The van der Waals surface area contributed by atoms with Gasteiger partial charge in [0.05, 0.1) is 24.7 Å². The molecule has 1 unspecified atom stereocenters. The number of carbonyl (C=O) groups is 1. The number of nitrogens with one attached hydrogen (secondary N) is 1. The van der Waals surface area contributed by atoms with Crippen molar-refractivity contribution in [3.8, 4) is 0 Å². The van der Waals surface area contributed by atoms with Crippen LogP contribution in [0.1, 0.15) is 24.2 Å². The fraction of sp³-hybridized carbons (Fsp3) is 0.476. The van der Waals surface area contributed by atoms with Crippen molar-refractivity contribution in [1.82, 2.24) is 19.1 Å². The summed E-state index contributed by atoms with van der Waals surface area (Å²) in [6.07, 6.45) is 2.08. The first kappa shape index (κ1) is 21.0. The highest BCUT2D eigenvalue weighted by atomic mass is 32.2. The molecule has 2 aliphatic rings. The fourth-order valence-corrected chi connectivity index (χ4v) is 5.41. The number of aromatic nitrogens is 1. The molecular formula is C21H28N4O4S. The molecule has 0 spiro atoms. The Labute approximate surface area is 177 Å². The largest absolute Gasteiger partial charge is 0.379 e. The monoisotopic (exact) mass is 432 g/mol. The smallest absolute Gasteiger partial charge is 0.243 e. The fourth-order valence-electron chi connectivity index (χ4n) is 4.00. The van der Waals surface area contributed by atoms with Gasteiger partial charge in [-0.2, -0.15) is 4.31 Å². The summed E-state index contributed by atoms with van der Waals surface area (Å²) in [5.41, 5.74) is 2.09. The van der Waals surface area contributed by atoms with Crippen LogP contribution in [0.4, 0.5) is 0 Å². The topological polar surface area (TPSA) is 83.9 Å². The zero-order chi connectivity index (χ0) is 21.1. The second-order valence-electron chi connectivity index (χ2n) is 7.71. The number of carbonyl (C=O) groups excluding carboxylic acids is 1. The van der Waals surface area contributed by atoms with Gasteiger partial charge in [0.15, 0.2) is 0 Å². The minimum Gasteiger partial charge on any atom is -0.379 e. The third-order valence-corrected chi connectivity index (χ3v) is 7.75. The van der Waals surface area contributed by atoms with Gasteiger partial charge in [-0.3, -0.25) is 9.69 Å². The first-order valence-corrected chi connectivity index (χ1v) is 11.7. The maximum absolute atomic E-state index is 12.7. The van der Waals surface area contributed by atoms with Gasteiger partial charge in [0, 0.05) is 50.7 Å². The Morgan fingerprint density at radius 2 is 1.83 bits per heavy atom. The van der Waals surface area contributed by atoms with Crippen molar-refractivity contribution in [2.24, 2.45) is 0 Å². The highest BCUT2D eigenvalue weighted by molar-refractivity contribution is 7.89. The molecule has 3 heterocycles. The number of morpholine rings is 1. The molecule has 162 valence electrons. The molecule has 2 aromatic rings. The van der Waals surface area contributed by atoms with Crippen molar-refractivity contribution in [1.29, 1.82) is 0 Å². The minimum absolute atomic E-state index is 0.0353. The molecule has 0 radical (unpaired) electrons. The van der Waals surface area contributed by atoms with E-state index in [1.807, 2.05) is 6.07 Å². The summed E-state index contributed by atoms with van der Waals surface area (Å²) in [6.45, 7) is 6.15. The van der Waals surface area contributed by atoms with Crippen LogP contribution in [0.25, 0.3) is 0 Å². The molecule has 0 aliphatic carbocycles. The third-order valence-electron chi connectivity index (χ3n) is 5.84. The SMILES string of the molecule is CC1c2cccn2CCN1CC(=O)NCc1ccc(S(=O)(=O)N2CCOCC2)cc1. The summed E-state index contributed by atoms with van der Waals surface area (Å²) in [5, 5.41) is 2.94. The molecule has 8 nitrogen and oxygen atoms in total. The number of rotatable bonds is 6. The van der Waals surface area contributed by atoms with Crippen LogP contribution in [-0.2, 0) is 32.6 Å². The van der Waals surface area contributed by atoms with E-state index in [4.69, 9.17) is 4.74 Å². The quantitative estimate of drug-likeness (QED) is 0.742. The third kappa shape index (κ3) is 4.44. The number of ether oxygens (including phenoxy) is 1. The van der Waals surface area contributed by atoms with Crippen LogP contribution in [0.15, 0.2) is 47.5 Å². The molecule has 1 amide bonds. The molecule has 2 aliphatic heterocycles. The molecule has 0 saturated carbocycles. The number of nitrogens with zero attached hydrogens (tertiary/aromatic N) is 3. The molecule has 1 fully saturated rings. The number of hydrogen-bond acceptors (Lipinski definition) is 5. The van der Waals surface area contributed by atoms with Crippen LogP contribution in [0, 0.1) is 0 Å². The Morgan fingerprint density at radius 1 is 1.10 bits per heavy atom. The van der Waals surface area contributed by atoms with E-state index in [0.717, 1.165) is 18.7 Å². The van der Waals surface area contributed by atoms with Crippen LogP contribution in [0.5, 0.6) is 0 Å². The van der Waals surface area contributed by atoms with Gasteiger partial charge in [-0.1, -0.05) is 12.1 Å². The van der Waals surface area contributed by atoms with E-state index in [-0.39, 0.29) is 16.8 Å². The number of amides is 1. The molecule has 9 heteroatoms. The van der Waals surface area contributed by atoms with Gasteiger partial charge in [0.2, 0.25) is 15.9 Å². The summed E-state index contributed by atoms with van der Waals surface area (Å²) >= 11 is 0. The van der Waals surface area contributed by atoms with E-state index in [1.165, 1.54) is 10.00 Å². The lowest BCUT2D eigenvalue weighted by atomic mass is 10.1. The lowest BCUT2D eigenvalue weighted by molar-refractivity contribution is -0.123. The summed E-state index contributed by atoms with van der Waals surface area (Å²) in [6, 6.07) is 11.1. The van der Waals surface area contributed by atoms with E-state index in [0.29, 0.717) is 39.4 Å². The van der Waals surface area contributed by atoms with E-state index in [2.05, 4.69) is 34.0 Å². The van der Waals surface area contributed by atoms with Gasteiger partial charge in [0.25, 0.3) is 0 Å². The average molecular weight is 433 g/mol. The highest BCUT2D eigenvalue weighted by Crippen LogP contribution is 2.24. The van der Waals surface area contributed by atoms with Gasteiger partial charge in [-0.15, -0.1) is 0 Å². The molecular weight excluding hydrogens is 404 g/mol. The van der Waals surface area contributed by atoms with E-state index < -0.39 is 10.0 Å². The van der Waals surface area contributed by atoms with Crippen molar-refractivity contribution in [3.05, 3.63) is 53.9 Å². The van der Waals surface area contributed by atoms with Crippen molar-refractivity contribution < 1.29 is 17.9 Å². The van der Waals surface area contributed by atoms with Crippen LogP contribution >= 0.6 is 0 Å². The van der Waals surface area contributed by atoms with Gasteiger partial charge in [-0.05, 0) is 36.8 Å². The lowest BCUT2D eigenvalue weighted by Gasteiger charge is -2.34. The van der Waals surface area contributed by atoms with Crippen molar-refractivity contribution >= 4 is 15.9 Å². The first-order valence-electron chi connectivity index (χ1n) is 10.3. The normalized spacial score (nSPS) is 20.6. The van der Waals surface area contributed by atoms with E-state index >= 15 is 0 Å². The molecule has 1 saturated heterocycles. The summed E-state index contributed by atoms with van der Waals surface area (Å²) < 4.78 is 34.3. The maximum Gasteiger partial charge on any atom is 0.243 e. The Hall–Kier alpha value is -2.20. The second kappa shape index (κ2) is 8.89. The molecule has 1 aromatic heterocycles. The molecule has 4 rings (SSSR count). The first-order chi connectivity index (χ1) is 14.4.